The fourth-order valence-corrected chi connectivity index (χ4v) is 1.39. The molecule has 0 N–H and O–H groups in total. The number of hydrogen-bond acceptors (Lipinski definition) is 3. The molecule has 0 aromatic rings. The van der Waals surface area contributed by atoms with Crippen molar-refractivity contribution in [3.63, 3.8) is 0 Å². The summed E-state index contributed by atoms with van der Waals surface area (Å²) < 4.78 is 5.00. The molecule has 0 unspecified atom stereocenters. The van der Waals surface area contributed by atoms with Crippen molar-refractivity contribution in [2.75, 3.05) is 19.7 Å². The van der Waals surface area contributed by atoms with E-state index in [9.17, 15) is 9.59 Å². The summed E-state index contributed by atoms with van der Waals surface area (Å²) in [6.07, 6.45) is 2.91. The molecule has 0 aromatic carbocycles. The summed E-state index contributed by atoms with van der Waals surface area (Å²) in [5, 5.41) is 0. The molecule has 0 spiro atoms. The molecule has 0 atom stereocenters. The van der Waals surface area contributed by atoms with Gasteiger partial charge in [0.2, 0.25) is 0 Å². The van der Waals surface area contributed by atoms with E-state index in [0.29, 0.717) is 19.6 Å². The largest absolute Gasteiger partial charge is 0.449 e. The van der Waals surface area contributed by atoms with Crippen molar-refractivity contribution in [1.29, 1.82) is 0 Å². The number of likely N-dealkylation sites (tertiary alicyclic amines) is 1. The van der Waals surface area contributed by atoms with Crippen LogP contribution in [0.2, 0.25) is 0 Å². The first-order chi connectivity index (χ1) is 6.74. The lowest BCUT2D eigenvalue weighted by Gasteiger charge is -2.24. The Balaban J connectivity index is 2.25. The van der Waals surface area contributed by atoms with Gasteiger partial charge in [0.1, 0.15) is 0 Å². The minimum absolute atomic E-state index is 0.128. The van der Waals surface area contributed by atoms with Crippen LogP contribution >= 0.6 is 0 Å². The second-order valence-electron chi connectivity index (χ2n) is 3.53. The third-order valence-electron chi connectivity index (χ3n) is 2.23. The van der Waals surface area contributed by atoms with Crippen LogP contribution in [0.25, 0.3) is 0 Å². The second kappa shape index (κ2) is 5.62. The highest BCUT2D eigenvalue weighted by atomic mass is 16.6. The zero-order valence-corrected chi connectivity index (χ0v) is 8.62. The number of piperidine rings is 1. The Morgan fingerprint density at radius 1 is 1.57 bits per heavy atom. The molecular formula is C10H17NO3. The standard InChI is InChI=1S/C10H17NO3/c1-2-3-7-14-10(13)11-6-4-5-9(12)8-11/h2-8H2,1H3. The molecule has 1 rings (SSSR count). The van der Waals surface area contributed by atoms with E-state index in [1.54, 1.807) is 0 Å². The first-order valence-corrected chi connectivity index (χ1v) is 5.17. The van der Waals surface area contributed by atoms with Crippen LogP contribution in [0, 0.1) is 0 Å². The van der Waals surface area contributed by atoms with Gasteiger partial charge in [0.15, 0.2) is 5.78 Å². The maximum atomic E-state index is 11.4. The van der Waals surface area contributed by atoms with Crippen LogP contribution in [0.15, 0.2) is 0 Å². The topological polar surface area (TPSA) is 46.6 Å². The van der Waals surface area contributed by atoms with Gasteiger partial charge in [-0.1, -0.05) is 13.3 Å². The van der Waals surface area contributed by atoms with Gasteiger partial charge in [-0.3, -0.25) is 4.79 Å². The Morgan fingerprint density at radius 2 is 2.36 bits per heavy atom. The Labute approximate surface area is 84.2 Å². The van der Waals surface area contributed by atoms with Crippen LogP contribution in [-0.4, -0.2) is 36.5 Å². The van der Waals surface area contributed by atoms with E-state index in [-0.39, 0.29) is 18.4 Å². The van der Waals surface area contributed by atoms with Crippen molar-refractivity contribution in [2.45, 2.75) is 32.6 Å². The SMILES string of the molecule is CCCCOC(=O)N1CCCC(=O)C1. The number of hydrogen-bond donors (Lipinski definition) is 0. The summed E-state index contributed by atoms with van der Waals surface area (Å²) in [5.74, 6) is 0.128. The molecule has 80 valence electrons. The molecule has 1 saturated heterocycles. The van der Waals surface area contributed by atoms with E-state index in [2.05, 4.69) is 0 Å². The quantitative estimate of drug-likeness (QED) is 0.648. The molecule has 0 bridgehead atoms. The zero-order valence-electron chi connectivity index (χ0n) is 8.62. The number of unbranched alkanes of at least 4 members (excludes halogenated alkanes) is 1. The third-order valence-corrected chi connectivity index (χ3v) is 2.23. The summed E-state index contributed by atoms with van der Waals surface area (Å²) >= 11 is 0. The van der Waals surface area contributed by atoms with Crippen molar-refractivity contribution in [3.8, 4) is 0 Å². The molecule has 1 aliphatic heterocycles. The lowest BCUT2D eigenvalue weighted by molar-refractivity contribution is -0.121. The van der Waals surface area contributed by atoms with E-state index in [1.807, 2.05) is 6.92 Å². The Morgan fingerprint density at radius 3 is 3.00 bits per heavy atom. The van der Waals surface area contributed by atoms with Crippen LogP contribution in [0.4, 0.5) is 4.79 Å². The average molecular weight is 199 g/mol. The first kappa shape index (κ1) is 11.0. The molecule has 4 heteroatoms. The van der Waals surface area contributed by atoms with Gasteiger partial charge in [0, 0.05) is 13.0 Å². The summed E-state index contributed by atoms with van der Waals surface area (Å²) in [7, 11) is 0. The van der Waals surface area contributed by atoms with Gasteiger partial charge in [0.25, 0.3) is 0 Å². The summed E-state index contributed by atoms with van der Waals surface area (Å²) in [4.78, 5) is 23.9. The van der Waals surface area contributed by atoms with Gasteiger partial charge in [-0.05, 0) is 12.8 Å². The summed E-state index contributed by atoms with van der Waals surface area (Å²) in [6.45, 7) is 3.37. The minimum atomic E-state index is -0.341. The zero-order chi connectivity index (χ0) is 10.4. The summed E-state index contributed by atoms with van der Waals surface area (Å²) in [5.41, 5.74) is 0. The van der Waals surface area contributed by atoms with Crippen LogP contribution in [0.5, 0.6) is 0 Å². The first-order valence-electron chi connectivity index (χ1n) is 5.17. The predicted octanol–water partition coefficient (Wildman–Crippen LogP) is 1.59. The van der Waals surface area contributed by atoms with Crippen LogP contribution in [0.3, 0.4) is 0 Å². The second-order valence-corrected chi connectivity index (χ2v) is 3.53. The molecule has 1 amide bonds. The lowest BCUT2D eigenvalue weighted by atomic mass is 10.1. The summed E-state index contributed by atoms with van der Waals surface area (Å²) in [6, 6.07) is 0. The van der Waals surface area contributed by atoms with E-state index >= 15 is 0 Å². The van der Waals surface area contributed by atoms with Crippen LogP contribution in [-0.2, 0) is 9.53 Å². The van der Waals surface area contributed by atoms with Crippen LogP contribution < -0.4 is 0 Å². The van der Waals surface area contributed by atoms with Gasteiger partial charge < -0.3 is 9.64 Å². The van der Waals surface area contributed by atoms with Gasteiger partial charge in [-0.15, -0.1) is 0 Å². The van der Waals surface area contributed by atoms with Gasteiger partial charge in [-0.25, -0.2) is 4.79 Å². The number of ketones is 1. The molecule has 0 aromatic heterocycles. The highest BCUT2D eigenvalue weighted by molar-refractivity contribution is 5.85. The van der Waals surface area contributed by atoms with E-state index in [1.165, 1.54) is 4.90 Å². The molecule has 0 aliphatic carbocycles. The van der Waals surface area contributed by atoms with E-state index in [4.69, 9.17) is 4.74 Å². The highest BCUT2D eigenvalue weighted by Crippen LogP contribution is 2.07. The lowest BCUT2D eigenvalue weighted by Crippen LogP contribution is -2.40. The van der Waals surface area contributed by atoms with Crippen molar-refractivity contribution in [1.82, 2.24) is 4.90 Å². The average Bonchev–Trinajstić information content (AvgIpc) is 2.18. The smallest absolute Gasteiger partial charge is 0.410 e. The maximum Gasteiger partial charge on any atom is 0.410 e. The number of carbonyl (C=O) groups is 2. The Kier molecular flexibility index (Phi) is 4.43. The number of Topliss-reactive ketones (excluding diaryl/α,β-unsaturated/α-hetero) is 1. The van der Waals surface area contributed by atoms with Crippen molar-refractivity contribution < 1.29 is 14.3 Å². The molecule has 0 radical (unpaired) electrons. The van der Waals surface area contributed by atoms with Crippen LogP contribution in [0.1, 0.15) is 32.6 Å². The van der Waals surface area contributed by atoms with Gasteiger partial charge in [0.05, 0.1) is 13.2 Å². The molecule has 4 nitrogen and oxygen atoms in total. The normalized spacial score (nSPS) is 16.9. The number of carbonyl (C=O) groups excluding carboxylic acids is 2. The fourth-order valence-electron chi connectivity index (χ4n) is 1.39. The Hall–Kier alpha value is -1.06. The molecule has 1 fully saturated rings. The molecule has 1 heterocycles. The van der Waals surface area contributed by atoms with Gasteiger partial charge >= 0.3 is 6.09 Å². The van der Waals surface area contributed by atoms with Gasteiger partial charge in [-0.2, -0.15) is 0 Å². The number of ether oxygens (including phenoxy) is 1. The molecule has 14 heavy (non-hydrogen) atoms. The van der Waals surface area contributed by atoms with Crippen molar-refractivity contribution in [3.05, 3.63) is 0 Å². The Bertz CT molecular complexity index is 215. The third kappa shape index (κ3) is 3.36. The minimum Gasteiger partial charge on any atom is -0.449 e. The van der Waals surface area contributed by atoms with Crippen molar-refractivity contribution >= 4 is 11.9 Å². The maximum absolute atomic E-state index is 11.4. The molecular weight excluding hydrogens is 182 g/mol. The van der Waals surface area contributed by atoms with E-state index < -0.39 is 0 Å². The predicted molar refractivity (Wildman–Crippen MR) is 52.1 cm³/mol. The fraction of sp³-hybridized carbons (Fsp3) is 0.800. The molecule has 1 aliphatic rings. The highest BCUT2D eigenvalue weighted by Gasteiger charge is 2.22. The monoisotopic (exact) mass is 199 g/mol. The number of amides is 1. The van der Waals surface area contributed by atoms with Crippen molar-refractivity contribution in [2.24, 2.45) is 0 Å². The number of nitrogens with zero attached hydrogens (tertiary/aromatic N) is 1. The molecule has 0 saturated carbocycles. The number of rotatable bonds is 3. The van der Waals surface area contributed by atoms with E-state index in [0.717, 1.165) is 19.3 Å².